The van der Waals surface area contributed by atoms with E-state index in [0.717, 1.165) is 16.0 Å². The molecule has 1 N–H and O–H groups in total. The van der Waals surface area contributed by atoms with Crippen LogP contribution in [-0.4, -0.2) is 18.3 Å². The number of hydrogen-bond acceptors (Lipinski definition) is 3. The van der Waals surface area contributed by atoms with Crippen LogP contribution in [0.15, 0.2) is 51.6 Å². The Morgan fingerprint density at radius 3 is 2.82 bits per heavy atom. The normalized spacial score (nSPS) is 12.4. The van der Waals surface area contributed by atoms with Gasteiger partial charge in [-0.15, -0.1) is 0 Å². The Morgan fingerprint density at radius 2 is 2.18 bits per heavy atom. The van der Waals surface area contributed by atoms with Crippen molar-refractivity contribution in [3.05, 3.63) is 52.9 Å². The average Bonchev–Trinajstić information content (AvgIpc) is 2.84. The SMILES string of the molecule is OCC(COc1cccc(Br)c1)c1ccco1. The van der Waals surface area contributed by atoms with Gasteiger partial charge in [0, 0.05) is 4.47 Å². The van der Waals surface area contributed by atoms with Crippen molar-refractivity contribution in [2.75, 3.05) is 13.2 Å². The van der Waals surface area contributed by atoms with E-state index in [0.29, 0.717) is 6.61 Å². The maximum Gasteiger partial charge on any atom is 0.120 e. The molecule has 0 aliphatic heterocycles. The molecule has 0 bridgehead atoms. The molecule has 0 aliphatic rings. The Kier molecular flexibility index (Phi) is 4.23. The molecule has 2 rings (SSSR count). The summed E-state index contributed by atoms with van der Waals surface area (Å²) in [6.45, 7) is 0.391. The summed E-state index contributed by atoms with van der Waals surface area (Å²) in [6, 6.07) is 11.2. The molecule has 1 heterocycles. The first-order valence-electron chi connectivity index (χ1n) is 5.32. The second-order valence-corrected chi connectivity index (χ2v) is 4.58. The van der Waals surface area contributed by atoms with E-state index in [9.17, 15) is 5.11 Å². The van der Waals surface area contributed by atoms with Crippen molar-refractivity contribution < 1.29 is 14.3 Å². The van der Waals surface area contributed by atoms with Crippen molar-refractivity contribution in [1.29, 1.82) is 0 Å². The first kappa shape index (κ1) is 12.2. The van der Waals surface area contributed by atoms with Crippen LogP contribution < -0.4 is 4.74 Å². The van der Waals surface area contributed by atoms with Gasteiger partial charge in [-0.2, -0.15) is 0 Å². The van der Waals surface area contributed by atoms with Gasteiger partial charge < -0.3 is 14.3 Å². The van der Waals surface area contributed by atoms with E-state index in [4.69, 9.17) is 9.15 Å². The lowest BCUT2D eigenvalue weighted by Gasteiger charge is -2.13. The van der Waals surface area contributed by atoms with Crippen LogP contribution in [0.5, 0.6) is 5.75 Å². The van der Waals surface area contributed by atoms with E-state index in [2.05, 4.69) is 15.9 Å². The second kappa shape index (κ2) is 5.89. The van der Waals surface area contributed by atoms with Crippen LogP contribution in [0.4, 0.5) is 0 Å². The van der Waals surface area contributed by atoms with Gasteiger partial charge in [0.15, 0.2) is 0 Å². The molecule has 0 saturated heterocycles. The average molecular weight is 297 g/mol. The molecular formula is C13H13BrO3. The molecule has 2 aromatic rings. The monoisotopic (exact) mass is 296 g/mol. The van der Waals surface area contributed by atoms with Gasteiger partial charge in [-0.25, -0.2) is 0 Å². The molecule has 0 fully saturated rings. The number of ether oxygens (including phenoxy) is 1. The van der Waals surface area contributed by atoms with Crippen LogP contribution in [-0.2, 0) is 0 Å². The Bertz CT molecular complexity index is 453. The van der Waals surface area contributed by atoms with Crippen LogP contribution in [0.2, 0.25) is 0 Å². The third-order valence-electron chi connectivity index (χ3n) is 2.41. The number of benzene rings is 1. The van der Waals surface area contributed by atoms with Gasteiger partial charge in [-0.3, -0.25) is 0 Å². The van der Waals surface area contributed by atoms with Crippen LogP contribution in [0, 0.1) is 0 Å². The lowest BCUT2D eigenvalue weighted by molar-refractivity contribution is 0.190. The lowest BCUT2D eigenvalue weighted by atomic mass is 10.1. The summed E-state index contributed by atoms with van der Waals surface area (Å²) in [4.78, 5) is 0. The van der Waals surface area contributed by atoms with E-state index in [-0.39, 0.29) is 12.5 Å². The zero-order chi connectivity index (χ0) is 12.1. The molecule has 4 heteroatoms. The third-order valence-corrected chi connectivity index (χ3v) is 2.91. The summed E-state index contributed by atoms with van der Waals surface area (Å²) in [5, 5.41) is 9.28. The van der Waals surface area contributed by atoms with Crippen molar-refractivity contribution >= 4 is 15.9 Å². The van der Waals surface area contributed by atoms with E-state index >= 15 is 0 Å². The van der Waals surface area contributed by atoms with Crippen LogP contribution in [0.25, 0.3) is 0 Å². The molecule has 0 radical (unpaired) electrons. The summed E-state index contributed by atoms with van der Waals surface area (Å²) < 4.78 is 11.8. The Morgan fingerprint density at radius 1 is 1.29 bits per heavy atom. The highest BCUT2D eigenvalue weighted by molar-refractivity contribution is 9.10. The minimum atomic E-state index is -0.135. The van der Waals surface area contributed by atoms with Gasteiger partial charge in [0.1, 0.15) is 18.1 Å². The van der Waals surface area contributed by atoms with Gasteiger partial charge in [0.05, 0.1) is 18.8 Å². The zero-order valence-corrected chi connectivity index (χ0v) is 10.8. The van der Waals surface area contributed by atoms with Crippen LogP contribution in [0.1, 0.15) is 11.7 Å². The predicted octanol–water partition coefficient (Wildman–Crippen LogP) is 3.20. The number of rotatable bonds is 5. The summed E-state index contributed by atoms with van der Waals surface area (Å²) >= 11 is 3.38. The fourth-order valence-corrected chi connectivity index (χ4v) is 1.88. The van der Waals surface area contributed by atoms with Crippen molar-refractivity contribution in [1.82, 2.24) is 0 Å². The quantitative estimate of drug-likeness (QED) is 0.921. The molecule has 3 nitrogen and oxygen atoms in total. The molecular weight excluding hydrogens is 284 g/mol. The van der Waals surface area contributed by atoms with E-state index in [1.807, 2.05) is 30.3 Å². The molecule has 1 unspecified atom stereocenters. The molecule has 0 aliphatic carbocycles. The first-order chi connectivity index (χ1) is 8.29. The lowest BCUT2D eigenvalue weighted by Crippen LogP contribution is -2.13. The summed E-state index contributed by atoms with van der Waals surface area (Å²) in [5.41, 5.74) is 0. The zero-order valence-electron chi connectivity index (χ0n) is 9.17. The molecule has 17 heavy (non-hydrogen) atoms. The van der Waals surface area contributed by atoms with E-state index < -0.39 is 0 Å². The van der Waals surface area contributed by atoms with Gasteiger partial charge >= 0.3 is 0 Å². The Labute approximate surface area is 108 Å². The van der Waals surface area contributed by atoms with Gasteiger partial charge in [0.25, 0.3) is 0 Å². The third kappa shape index (κ3) is 3.35. The van der Waals surface area contributed by atoms with Crippen molar-refractivity contribution in [2.24, 2.45) is 0 Å². The fourth-order valence-electron chi connectivity index (χ4n) is 1.50. The number of aliphatic hydroxyl groups is 1. The van der Waals surface area contributed by atoms with Crippen LogP contribution >= 0.6 is 15.9 Å². The highest BCUT2D eigenvalue weighted by Gasteiger charge is 2.14. The van der Waals surface area contributed by atoms with Crippen molar-refractivity contribution in [3.63, 3.8) is 0 Å². The number of furan rings is 1. The summed E-state index contributed by atoms with van der Waals surface area (Å²) in [5.74, 6) is 1.37. The fraction of sp³-hybridized carbons (Fsp3) is 0.231. The topological polar surface area (TPSA) is 42.6 Å². The number of hydrogen-bond donors (Lipinski definition) is 1. The van der Waals surface area contributed by atoms with Gasteiger partial charge in [-0.05, 0) is 30.3 Å². The molecule has 90 valence electrons. The minimum absolute atomic E-state index is 0.00150. The summed E-state index contributed by atoms with van der Waals surface area (Å²) in [7, 11) is 0. The maximum atomic E-state index is 9.28. The molecule has 1 aromatic carbocycles. The molecule has 0 spiro atoms. The van der Waals surface area contributed by atoms with Crippen molar-refractivity contribution in [3.8, 4) is 5.75 Å². The van der Waals surface area contributed by atoms with Crippen molar-refractivity contribution in [2.45, 2.75) is 5.92 Å². The predicted molar refractivity (Wildman–Crippen MR) is 68.2 cm³/mol. The summed E-state index contributed by atoms with van der Waals surface area (Å²) in [6.07, 6.45) is 1.59. The Balaban J connectivity index is 1.97. The van der Waals surface area contributed by atoms with Gasteiger partial charge in [-0.1, -0.05) is 22.0 Å². The van der Waals surface area contributed by atoms with Crippen LogP contribution in [0.3, 0.4) is 0 Å². The minimum Gasteiger partial charge on any atom is -0.493 e. The first-order valence-corrected chi connectivity index (χ1v) is 6.11. The largest absolute Gasteiger partial charge is 0.493 e. The van der Waals surface area contributed by atoms with Gasteiger partial charge in [0.2, 0.25) is 0 Å². The number of halogens is 1. The molecule has 0 saturated carbocycles. The number of aliphatic hydroxyl groups excluding tert-OH is 1. The van der Waals surface area contributed by atoms with E-state index in [1.54, 1.807) is 12.3 Å². The molecule has 1 atom stereocenters. The second-order valence-electron chi connectivity index (χ2n) is 3.66. The molecule has 0 amide bonds. The smallest absolute Gasteiger partial charge is 0.120 e. The highest BCUT2D eigenvalue weighted by Crippen LogP contribution is 2.21. The standard InChI is InChI=1S/C13H13BrO3/c14-11-3-1-4-12(7-11)17-9-10(8-15)13-5-2-6-16-13/h1-7,10,15H,8-9H2. The Hall–Kier alpha value is -1.26. The molecule has 1 aromatic heterocycles. The highest BCUT2D eigenvalue weighted by atomic mass is 79.9. The maximum absolute atomic E-state index is 9.28. The van der Waals surface area contributed by atoms with E-state index in [1.165, 1.54) is 0 Å².